The van der Waals surface area contributed by atoms with Gasteiger partial charge in [-0.1, -0.05) is 146 Å². The fraction of sp³-hybridized carbons (Fsp3) is 0. The highest BCUT2D eigenvalue weighted by molar-refractivity contribution is 6.26. The van der Waals surface area contributed by atoms with Crippen LogP contribution in [0.15, 0.2) is 194 Å². The predicted molar refractivity (Wildman–Crippen MR) is 234 cm³/mol. The molecule has 8 aromatic carbocycles. The lowest BCUT2D eigenvalue weighted by atomic mass is 10.1. The molecule has 0 saturated carbocycles. The van der Waals surface area contributed by atoms with Gasteiger partial charge < -0.3 is 9.13 Å². The molecule has 4 aromatic heterocycles. The van der Waals surface area contributed by atoms with E-state index in [2.05, 4.69) is 171 Å². The van der Waals surface area contributed by atoms with Crippen LogP contribution >= 0.6 is 0 Å². The molecular formula is C51H32N6. The summed E-state index contributed by atoms with van der Waals surface area (Å²) in [5.74, 6) is 1.83. The summed E-state index contributed by atoms with van der Waals surface area (Å²) in [5, 5.41) is 7.07. The predicted octanol–water partition coefficient (Wildman–Crippen LogP) is 12.5. The zero-order chi connectivity index (χ0) is 37.5. The number of nitrogens with zero attached hydrogens (tertiary/aromatic N) is 6. The van der Waals surface area contributed by atoms with Crippen molar-refractivity contribution >= 4 is 65.4 Å². The van der Waals surface area contributed by atoms with Gasteiger partial charge in [-0.25, -0.2) is 4.98 Å². The molecule has 0 N–H and O–H groups in total. The monoisotopic (exact) mass is 728 g/mol. The molecule has 12 aromatic rings. The summed E-state index contributed by atoms with van der Waals surface area (Å²) in [7, 11) is 0. The van der Waals surface area contributed by atoms with Gasteiger partial charge in [0.15, 0.2) is 11.6 Å². The SMILES string of the molecule is c1ccc(-c2nc(-c3ccccc3)nc(-n3c4ccccc4c4ccc5c(c6ccccc6n5-c5cccc(-n6c7ccccc7c7ccccc76)c5)c43)n2)cc1. The molecule has 0 spiro atoms. The molecule has 0 aliphatic heterocycles. The number of benzene rings is 8. The molecule has 0 atom stereocenters. The Morgan fingerprint density at radius 2 is 0.737 bits per heavy atom. The number of rotatable bonds is 5. The molecule has 0 fully saturated rings. The average molecular weight is 729 g/mol. The van der Waals surface area contributed by atoms with Crippen molar-refractivity contribution in [2.45, 2.75) is 0 Å². The first-order chi connectivity index (χ1) is 28.3. The molecule has 0 unspecified atom stereocenters. The van der Waals surface area contributed by atoms with E-state index in [1.807, 2.05) is 36.4 Å². The lowest BCUT2D eigenvalue weighted by Crippen LogP contribution is -2.06. The zero-order valence-electron chi connectivity index (χ0n) is 30.7. The average Bonchev–Trinajstić information content (AvgIpc) is 3.93. The van der Waals surface area contributed by atoms with E-state index in [1.165, 1.54) is 21.8 Å². The van der Waals surface area contributed by atoms with Crippen molar-refractivity contribution in [1.82, 2.24) is 28.7 Å². The third-order valence-corrected chi connectivity index (χ3v) is 11.3. The van der Waals surface area contributed by atoms with Gasteiger partial charge in [0.2, 0.25) is 5.95 Å². The maximum atomic E-state index is 5.24. The van der Waals surface area contributed by atoms with E-state index in [4.69, 9.17) is 15.0 Å². The van der Waals surface area contributed by atoms with E-state index in [1.54, 1.807) is 0 Å². The fourth-order valence-corrected chi connectivity index (χ4v) is 8.86. The van der Waals surface area contributed by atoms with E-state index < -0.39 is 0 Å². The molecule has 0 bridgehead atoms. The van der Waals surface area contributed by atoms with Gasteiger partial charge in [-0.05, 0) is 48.5 Å². The molecule has 0 aliphatic carbocycles. The van der Waals surface area contributed by atoms with Crippen LogP contribution in [0.4, 0.5) is 0 Å². The number of hydrogen-bond acceptors (Lipinski definition) is 3. The van der Waals surface area contributed by atoms with E-state index in [0.717, 1.165) is 66.1 Å². The highest BCUT2D eigenvalue weighted by Crippen LogP contribution is 2.42. The standard InChI is InChI=1S/C51H32N6/c1-3-16-33(17-4-1)49-52-50(34-18-5-2-6-19-34)54-51(53-49)57-44-28-13-9-24-39(44)40-30-31-46-47(48(40)57)41-25-10-14-29-45(41)56(46)36-21-15-20-35(32-36)55-42-26-11-7-22-37(42)38-23-8-12-27-43(38)55/h1-32H. The first-order valence-electron chi connectivity index (χ1n) is 19.2. The van der Waals surface area contributed by atoms with E-state index in [9.17, 15) is 0 Å². The van der Waals surface area contributed by atoms with Crippen LogP contribution in [0, 0.1) is 0 Å². The summed E-state index contributed by atoms with van der Waals surface area (Å²) >= 11 is 0. The van der Waals surface area contributed by atoms with Gasteiger partial charge in [0.25, 0.3) is 0 Å². The summed E-state index contributed by atoms with van der Waals surface area (Å²) < 4.78 is 7.04. The summed E-state index contributed by atoms with van der Waals surface area (Å²) in [6.45, 7) is 0. The lowest BCUT2D eigenvalue weighted by Gasteiger charge is -2.13. The van der Waals surface area contributed by atoms with Crippen molar-refractivity contribution in [2.75, 3.05) is 0 Å². The van der Waals surface area contributed by atoms with Crippen LogP contribution in [-0.4, -0.2) is 28.7 Å². The van der Waals surface area contributed by atoms with Crippen molar-refractivity contribution in [3.63, 3.8) is 0 Å². The van der Waals surface area contributed by atoms with Gasteiger partial charge in [0.1, 0.15) is 0 Å². The number of hydrogen-bond donors (Lipinski definition) is 0. The molecule has 0 radical (unpaired) electrons. The topological polar surface area (TPSA) is 53.5 Å². The van der Waals surface area contributed by atoms with Gasteiger partial charge >= 0.3 is 0 Å². The van der Waals surface area contributed by atoms with Crippen molar-refractivity contribution in [3.8, 4) is 40.1 Å². The molecule has 0 saturated heterocycles. The Hall–Kier alpha value is -7.83. The van der Waals surface area contributed by atoms with Gasteiger partial charge in [-0.15, -0.1) is 0 Å². The molecular weight excluding hydrogens is 697 g/mol. The van der Waals surface area contributed by atoms with Gasteiger partial charge in [0, 0.05) is 54.8 Å². The van der Waals surface area contributed by atoms with Crippen molar-refractivity contribution < 1.29 is 0 Å². The smallest absolute Gasteiger partial charge is 0.238 e. The Kier molecular flexibility index (Phi) is 6.83. The molecule has 12 rings (SSSR count). The van der Waals surface area contributed by atoms with Crippen molar-refractivity contribution in [3.05, 3.63) is 194 Å². The highest BCUT2D eigenvalue weighted by atomic mass is 15.2. The second-order valence-electron chi connectivity index (χ2n) is 14.5. The Balaban J connectivity index is 1.16. The van der Waals surface area contributed by atoms with Crippen LogP contribution in [0.3, 0.4) is 0 Å². The Labute approximate surface area is 327 Å². The van der Waals surface area contributed by atoms with Crippen LogP contribution in [0.1, 0.15) is 0 Å². The van der Waals surface area contributed by atoms with Gasteiger partial charge in [-0.2, -0.15) is 9.97 Å². The largest absolute Gasteiger partial charge is 0.309 e. The van der Waals surface area contributed by atoms with Gasteiger partial charge in [-0.3, -0.25) is 4.57 Å². The minimum Gasteiger partial charge on any atom is -0.309 e. The maximum Gasteiger partial charge on any atom is 0.238 e. The summed E-state index contributed by atoms with van der Waals surface area (Å²) in [6, 6.07) is 68.4. The maximum absolute atomic E-state index is 5.24. The minimum atomic E-state index is 0.576. The number of aromatic nitrogens is 6. The van der Waals surface area contributed by atoms with Crippen LogP contribution in [0.5, 0.6) is 0 Å². The number of para-hydroxylation sites is 4. The fourth-order valence-electron chi connectivity index (χ4n) is 8.86. The highest BCUT2D eigenvalue weighted by Gasteiger charge is 2.23. The third-order valence-electron chi connectivity index (χ3n) is 11.3. The Morgan fingerprint density at radius 1 is 0.298 bits per heavy atom. The molecule has 0 aliphatic rings. The van der Waals surface area contributed by atoms with E-state index in [-0.39, 0.29) is 0 Å². The minimum absolute atomic E-state index is 0.576. The zero-order valence-corrected chi connectivity index (χ0v) is 30.7. The summed E-state index contributed by atoms with van der Waals surface area (Å²) in [6.07, 6.45) is 0. The first kappa shape index (κ1) is 31.5. The molecule has 6 nitrogen and oxygen atoms in total. The van der Waals surface area contributed by atoms with Crippen LogP contribution in [0.25, 0.3) is 106 Å². The van der Waals surface area contributed by atoms with E-state index in [0.29, 0.717) is 17.6 Å². The van der Waals surface area contributed by atoms with Crippen LogP contribution in [-0.2, 0) is 0 Å². The molecule has 266 valence electrons. The number of fused-ring (bicyclic) bond motifs is 10. The molecule has 0 amide bonds. The van der Waals surface area contributed by atoms with Gasteiger partial charge in [0.05, 0.1) is 33.1 Å². The second-order valence-corrected chi connectivity index (χ2v) is 14.5. The third kappa shape index (κ3) is 4.74. The van der Waals surface area contributed by atoms with Crippen molar-refractivity contribution in [2.24, 2.45) is 0 Å². The summed E-state index contributed by atoms with van der Waals surface area (Å²) in [4.78, 5) is 15.5. The molecule has 4 heterocycles. The Bertz CT molecular complexity index is 3410. The van der Waals surface area contributed by atoms with E-state index >= 15 is 0 Å². The summed E-state index contributed by atoms with van der Waals surface area (Å²) in [5.41, 5.74) is 10.8. The lowest BCUT2D eigenvalue weighted by molar-refractivity contribution is 0.955. The Morgan fingerprint density at radius 3 is 1.30 bits per heavy atom. The normalized spacial score (nSPS) is 11.9. The van der Waals surface area contributed by atoms with Crippen LogP contribution < -0.4 is 0 Å². The first-order valence-corrected chi connectivity index (χ1v) is 19.2. The van der Waals surface area contributed by atoms with Crippen molar-refractivity contribution in [1.29, 1.82) is 0 Å². The second kappa shape index (κ2) is 12.3. The quantitative estimate of drug-likeness (QED) is 0.177. The van der Waals surface area contributed by atoms with Crippen LogP contribution in [0.2, 0.25) is 0 Å². The molecule has 57 heavy (non-hydrogen) atoms. The molecule has 6 heteroatoms.